The molecule has 0 amide bonds. The highest BCUT2D eigenvalue weighted by Gasteiger charge is 2.11. The molecule has 0 aliphatic rings. The van der Waals surface area contributed by atoms with Gasteiger partial charge in [-0.3, -0.25) is 0 Å². The number of benzene rings is 1. The highest BCUT2D eigenvalue weighted by atomic mass is 35.5. The second-order valence-corrected chi connectivity index (χ2v) is 4.03. The topological polar surface area (TPSA) is 25.8 Å². The molecule has 5 heteroatoms. The quantitative estimate of drug-likeness (QED) is 0.774. The molecule has 0 saturated heterocycles. The Bertz CT molecular complexity index is 544. The lowest BCUT2D eigenvalue weighted by Gasteiger charge is -2.07. The molecule has 0 fully saturated rings. The molecule has 1 aromatic carbocycles. The lowest BCUT2D eigenvalue weighted by atomic mass is 10.0. The fourth-order valence-corrected chi connectivity index (χ4v) is 1.78. The van der Waals surface area contributed by atoms with E-state index in [0.717, 1.165) is 0 Å². The number of hydrogen-bond acceptors (Lipinski definition) is 2. The first-order chi connectivity index (χ1) is 7.59. The summed E-state index contributed by atoms with van der Waals surface area (Å²) in [5.41, 5.74) is 1.76. The number of halogens is 3. The van der Waals surface area contributed by atoms with Crippen molar-refractivity contribution in [3.05, 3.63) is 46.0 Å². The van der Waals surface area contributed by atoms with Crippen molar-refractivity contribution < 1.29 is 4.39 Å². The van der Waals surface area contributed by atoms with Crippen LogP contribution in [-0.4, -0.2) is 10.2 Å². The summed E-state index contributed by atoms with van der Waals surface area (Å²) < 4.78 is 13.4. The van der Waals surface area contributed by atoms with Crippen molar-refractivity contribution in [1.29, 1.82) is 0 Å². The predicted molar refractivity (Wildman–Crippen MR) is 62.2 cm³/mol. The van der Waals surface area contributed by atoms with Gasteiger partial charge in [-0.1, -0.05) is 35.3 Å². The van der Waals surface area contributed by atoms with E-state index in [4.69, 9.17) is 23.2 Å². The molecule has 0 saturated carbocycles. The van der Waals surface area contributed by atoms with Gasteiger partial charge in [-0.2, -0.15) is 0 Å². The zero-order valence-electron chi connectivity index (χ0n) is 8.34. The van der Waals surface area contributed by atoms with Gasteiger partial charge >= 0.3 is 0 Å². The van der Waals surface area contributed by atoms with Crippen LogP contribution in [0.25, 0.3) is 11.1 Å². The minimum absolute atomic E-state index is 0.207. The van der Waals surface area contributed by atoms with E-state index in [1.165, 1.54) is 6.07 Å². The van der Waals surface area contributed by atoms with Crippen LogP contribution in [0.1, 0.15) is 5.56 Å². The Kier molecular flexibility index (Phi) is 3.08. The summed E-state index contributed by atoms with van der Waals surface area (Å²) in [7, 11) is 0. The molecule has 16 heavy (non-hydrogen) atoms. The third-order valence-electron chi connectivity index (χ3n) is 2.28. The number of aromatic nitrogens is 2. The largest absolute Gasteiger partial charge is 0.207 e. The average Bonchev–Trinajstić information content (AvgIpc) is 2.26. The molecular formula is C11H7Cl2FN2. The molecule has 0 spiro atoms. The van der Waals surface area contributed by atoms with E-state index in [1.54, 1.807) is 25.1 Å². The van der Waals surface area contributed by atoms with E-state index in [9.17, 15) is 4.39 Å². The van der Waals surface area contributed by atoms with Gasteiger partial charge in [0.25, 0.3) is 0 Å². The van der Waals surface area contributed by atoms with Gasteiger partial charge in [0.05, 0.1) is 0 Å². The first-order valence-corrected chi connectivity index (χ1v) is 5.29. The summed E-state index contributed by atoms with van der Waals surface area (Å²) in [5, 5.41) is 7.73. The van der Waals surface area contributed by atoms with Gasteiger partial charge in [0.2, 0.25) is 0 Å². The summed E-state index contributed by atoms with van der Waals surface area (Å²) in [5.74, 6) is -0.290. The zero-order valence-corrected chi connectivity index (χ0v) is 9.85. The first-order valence-electron chi connectivity index (χ1n) is 4.54. The van der Waals surface area contributed by atoms with Crippen molar-refractivity contribution >= 4 is 23.2 Å². The maximum atomic E-state index is 13.4. The highest BCUT2D eigenvalue weighted by Crippen LogP contribution is 2.30. The Hall–Kier alpha value is -1.19. The lowest BCUT2D eigenvalue weighted by molar-refractivity contribution is 0.619. The Morgan fingerprint density at radius 2 is 1.88 bits per heavy atom. The van der Waals surface area contributed by atoms with Gasteiger partial charge < -0.3 is 0 Å². The summed E-state index contributed by atoms with van der Waals surface area (Å²) in [6.07, 6.45) is 0. The summed E-state index contributed by atoms with van der Waals surface area (Å²) in [6.45, 7) is 1.68. The van der Waals surface area contributed by atoms with Gasteiger partial charge in [-0.25, -0.2) is 4.39 Å². The number of rotatable bonds is 1. The van der Waals surface area contributed by atoms with Gasteiger partial charge in [-0.15, -0.1) is 10.2 Å². The van der Waals surface area contributed by atoms with Crippen LogP contribution in [0.4, 0.5) is 4.39 Å². The SMILES string of the molecule is Cc1c(F)cccc1-c1cc(Cl)nnc1Cl. The maximum Gasteiger partial charge on any atom is 0.159 e. The summed E-state index contributed by atoms with van der Waals surface area (Å²) in [4.78, 5) is 0. The molecule has 2 rings (SSSR count). The molecule has 0 N–H and O–H groups in total. The van der Waals surface area contributed by atoms with Crippen LogP contribution in [0.5, 0.6) is 0 Å². The van der Waals surface area contributed by atoms with Crippen LogP contribution in [0.15, 0.2) is 24.3 Å². The monoisotopic (exact) mass is 256 g/mol. The summed E-state index contributed by atoms with van der Waals surface area (Å²) >= 11 is 11.6. The van der Waals surface area contributed by atoms with Gasteiger partial charge in [0.15, 0.2) is 10.3 Å². The standard InChI is InChI=1S/C11H7Cl2FN2/c1-6-7(3-2-4-9(6)14)8-5-10(12)15-16-11(8)13/h2-5H,1H3. The Morgan fingerprint density at radius 1 is 1.12 bits per heavy atom. The minimum Gasteiger partial charge on any atom is -0.207 e. The van der Waals surface area contributed by atoms with Crippen LogP contribution >= 0.6 is 23.2 Å². The van der Waals surface area contributed by atoms with Gasteiger partial charge in [-0.05, 0) is 30.2 Å². The molecular weight excluding hydrogens is 250 g/mol. The van der Waals surface area contributed by atoms with Crippen LogP contribution in [0.2, 0.25) is 10.3 Å². The van der Waals surface area contributed by atoms with Crippen molar-refractivity contribution in [3.63, 3.8) is 0 Å². The molecule has 0 bridgehead atoms. The van der Waals surface area contributed by atoms with Crippen LogP contribution in [0, 0.1) is 12.7 Å². The molecule has 0 aliphatic carbocycles. The van der Waals surface area contributed by atoms with Crippen molar-refractivity contribution in [2.24, 2.45) is 0 Å². The molecule has 2 aromatic rings. The zero-order chi connectivity index (χ0) is 11.7. The Labute approximate surface area is 102 Å². The van der Waals surface area contributed by atoms with E-state index < -0.39 is 0 Å². The van der Waals surface area contributed by atoms with Crippen LogP contribution < -0.4 is 0 Å². The van der Waals surface area contributed by atoms with Gasteiger partial charge in [0.1, 0.15) is 5.82 Å². The molecule has 0 atom stereocenters. The molecule has 2 nitrogen and oxygen atoms in total. The third kappa shape index (κ3) is 2.01. The van der Waals surface area contributed by atoms with E-state index in [1.807, 2.05) is 0 Å². The maximum absolute atomic E-state index is 13.4. The van der Waals surface area contributed by atoms with Crippen molar-refractivity contribution in [3.8, 4) is 11.1 Å². The number of hydrogen-bond donors (Lipinski definition) is 0. The van der Waals surface area contributed by atoms with Crippen molar-refractivity contribution in [1.82, 2.24) is 10.2 Å². The smallest absolute Gasteiger partial charge is 0.159 e. The third-order valence-corrected chi connectivity index (χ3v) is 2.74. The van der Waals surface area contributed by atoms with Crippen molar-refractivity contribution in [2.75, 3.05) is 0 Å². The normalized spacial score (nSPS) is 10.5. The fourth-order valence-electron chi connectivity index (χ4n) is 1.44. The molecule has 0 aliphatic heterocycles. The molecule has 1 heterocycles. The molecule has 0 radical (unpaired) electrons. The average molecular weight is 257 g/mol. The molecule has 1 aromatic heterocycles. The molecule has 82 valence electrons. The second kappa shape index (κ2) is 4.36. The first kappa shape index (κ1) is 11.3. The van der Waals surface area contributed by atoms with Gasteiger partial charge in [0, 0.05) is 5.56 Å². The highest BCUT2D eigenvalue weighted by molar-refractivity contribution is 6.33. The van der Waals surface area contributed by atoms with Crippen molar-refractivity contribution in [2.45, 2.75) is 6.92 Å². The number of nitrogens with zero attached hydrogens (tertiary/aromatic N) is 2. The lowest BCUT2D eigenvalue weighted by Crippen LogP contribution is -1.92. The van der Waals surface area contributed by atoms with Crippen LogP contribution in [-0.2, 0) is 0 Å². The minimum atomic E-state index is -0.290. The fraction of sp³-hybridized carbons (Fsp3) is 0.0909. The Morgan fingerprint density at radius 3 is 2.62 bits per heavy atom. The van der Waals surface area contributed by atoms with E-state index in [0.29, 0.717) is 16.7 Å². The summed E-state index contributed by atoms with van der Waals surface area (Å²) in [6, 6.07) is 6.33. The Balaban J connectivity index is 2.67. The van der Waals surface area contributed by atoms with E-state index >= 15 is 0 Å². The molecule has 0 unspecified atom stereocenters. The second-order valence-electron chi connectivity index (χ2n) is 3.28. The predicted octanol–water partition coefficient (Wildman–Crippen LogP) is 3.90. The van der Waals surface area contributed by atoms with E-state index in [-0.39, 0.29) is 16.1 Å². The van der Waals surface area contributed by atoms with E-state index in [2.05, 4.69) is 10.2 Å². The van der Waals surface area contributed by atoms with Crippen LogP contribution in [0.3, 0.4) is 0 Å².